The molecule has 0 unspecified atom stereocenters. The number of nitrogens with zero attached hydrogens (tertiary/aromatic N) is 1. The molecule has 0 spiro atoms. The number of halogens is 3. The van der Waals surface area contributed by atoms with E-state index in [1.165, 1.54) is 26.2 Å². The number of ether oxygens (including phenoxy) is 1. The summed E-state index contributed by atoms with van der Waals surface area (Å²) in [6.07, 6.45) is -4.75. The molecule has 2 aromatic rings. The van der Waals surface area contributed by atoms with Crippen molar-refractivity contribution < 1.29 is 32.2 Å². The SMILES string of the molecule is COc1cc(O)cc(C(=O)Nc2nc(C(F)(F)F)oc2C)c1. The molecule has 0 aliphatic heterocycles. The molecule has 0 aliphatic rings. The lowest BCUT2D eigenvalue weighted by molar-refractivity contribution is -0.157. The zero-order valence-electron chi connectivity index (χ0n) is 11.5. The van der Waals surface area contributed by atoms with E-state index in [-0.39, 0.29) is 28.6 Å². The number of hydrogen-bond acceptors (Lipinski definition) is 5. The molecule has 1 amide bonds. The Morgan fingerprint density at radius 1 is 1.36 bits per heavy atom. The van der Waals surface area contributed by atoms with Crippen LogP contribution in [-0.2, 0) is 6.18 Å². The number of anilines is 1. The Kier molecular flexibility index (Phi) is 3.98. The first-order chi connectivity index (χ1) is 10.2. The van der Waals surface area contributed by atoms with E-state index in [2.05, 4.69) is 14.7 Å². The van der Waals surface area contributed by atoms with E-state index >= 15 is 0 Å². The van der Waals surface area contributed by atoms with Crippen LogP contribution in [0.3, 0.4) is 0 Å². The molecule has 1 aromatic carbocycles. The summed E-state index contributed by atoms with van der Waals surface area (Å²) in [7, 11) is 1.34. The van der Waals surface area contributed by atoms with Crippen molar-refractivity contribution in [3.8, 4) is 11.5 Å². The van der Waals surface area contributed by atoms with Crippen molar-refractivity contribution in [2.45, 2.75) is 13.1 Å². The van der Waals surface area contributed by atoms with Crippen LogP contribution >= 0.6 is 0 Å². The van der Waals surface area contributed by atoms with Crippen LogP contribution < -0.4 is 10.1 Å². The highest BCUT2D eigenvalue weighted by molar-refractivity contribution is 6.04. The summed E-state index contributed by atoms with van der Waals surface area (Å²) >= 11 is 0. The minimum atomic E-state index is -4.75. The normalized spacial score (nSPS) is 11.3. The van der Waals surface area contributed by atoms with E-state index in [1.54, 1.807) is 0 Å². The van der Waals surface area contributed by atoms with Crippen LogP contribution in [0.4, 0.5) is 19.0 Å². The largest absolute Gasteiger partial charge is 0.508 e. The number of carbonyl (C=O) groups is 1. The molecule has 9 heteroatoms. The molecule has 0 aliphatic carbocycles. The number of oxazole rings is 1. The number of amides is 1. The Hall–Kier alpha value is -2.71. The van der Waals surface area contributed by atoms with Gasteiger partial charge >= 0.3 is 12.1 Å². The van der Waals surface area contributed by atoms with E-state index in [0.717, 1.165) is 6.07 Å². The third kappa shape index (κ3) is 3.30. The van der Waals surface area contributed by atoms with Crippen LogP contribution in [0.15, 0.2) is 22.6 Å². The van der Waals surface area contributed by atoms with Crippen molar-refractivity contribution in [1.29, 1.82) is 0 Å². The van der Waals surface area contributed by atoms with Crippen molar-refractivity contribution in [3.05, 3.63) is 35.4 Å². The van der Waals surface area contributed by atoms with Gasteiger partial charge in [0.15, 0.2) is 5.82 Å². The van der Waals surface area contributed by atoms with Gasteiger partial charge in [-0.1, -0.05) is 0 Å². The van der Waals surface area contributed by atoms with Gasteiger partial charge in [0.25, 0.3) is 5.91 Å². The highest BCUT2D eigenvalue weighted by Gasteiger charge is 2.38. The second kappa shape index (κ2) is 5.58. The molecule has 0 fully saturated rings. The Labute approximate surface area is 122 Å². The van der Waals surface area contributed by atoms with Gasteiger partial charge in [0.2, 0.25) is 0 Å². The number of alkyl halides is 3. The molecule has 22 heavy (non-hydrogen) atoms. The Morgan fingerprint density at radius 3 is 2.59 bits per heavy atom. The molecular weight excluding hydrogens is 305 g/mol. The molecular formula is C13H11F3N2O4. The number of carbonyl (C=O) groups excluding carboxylic acids is 1. The highest BCUT2D eigenvalue weighted by Crippen LogP contribution is 2.31. The molecule has 0 saturated heterocycles. The topological polar surface area (TPSA) is 84.6 Å². The fraction of sp³-hybridized carbons (Fsp3) is 0.231. The number of aromatic nitrogens is 1. The Bertz CT molecular complexity index is 710. The number of methoxy groups -OCH3 is 1. The van der Waals surface area contributed by atoms with Gasteiger partial charge in [0.1, 0.15) is 17.3 Å². The van der Waals surface area contributed by atoms with Gasteiger partial charge in [0.05, 0.1) is 7.11 Å². The molecule has 0 atom stereocenters. The fourth-order valence-electron chi connectivity index (χ4n) is 1.65. The summed E-state index contributed by atoms with van der Waals surface area (Å²) in [6.45, 7) is 1.24. The maximum absolute atomic E-state index is 12.5. The molecule has 118 valence electrons. The predicted octanol–water partition coefficient (Wildman–Crippen LogP) is 2.97. The van der Waals surface area contributed by atoms with E-state index in [9.17, 15) is 23.1 Å². The third-order valence-electron chi connectivity index (χ3n) is 2.66. The predicted molar refractivity (Wildman–Crippen MR) is 68.9 cm³/mol. The number of benzene rings is 1. The van der Waals surface area contributed by atoms with Crippen LogP contribution in [0.2, 0.25) is 0 Å². The molecule has 0 radical (unpaired) electrons. The van der Waals surface area contributed by atoms with Gasteiger partial charge in [-0.2, -0.15) is 18.2 Å². The fourth-order valence-corrected chi connectivity index (χ4v) is 1.65. The second-order valence-electron chi connectivity index (χ2n) is 4.30. The van der Waals surface area contributed by atoms with Gasteiger partial charge in [-0.3, -0.25) is 4.79 Å². The number of rotatable bonds is 3. The lowest BCUT2D eigenvalue weighted by atomic mass is 10.2. The van der Waals surface area contributed by atoms with E-state index < -0.39 is 18.0 Å². The molecule has 2 rings (SSSR count). The summed E-state index contributed by atoms with van der Waals surface area (Å²) < 4.78 is 46.8. The Balaban J connectivity index is 2.26. The lowest BCUT2D eigenvalue weighted by Gasteiger charge is -2.06. The number of nitrogens with one attached hydrogen (secondary N) is 1. The standard InChI is InChI=1S/C13H11F3N2O4/c1-6-10(18-12(22-6)13(14,15)16)17-11(20)7-3-8(19)5-9(4-7)21-2/h3-5,19H,1-2H3,(H,17,20). The van der Waals surface area contributed by atoms with Crippen molar-refractivity contribution in [3.63, 3.8) is 0 Å². The first kappa shape index (κ1) is 15.7. The smallest absolute Gasteiger partial charge is 0.469 e. The number of hydrogen-bond donors (Lipinski definition) is 2. The van der Waals surface area contributed by atoms with Crippen LogP contribution in [-0.4, -0.2) is 23.1 Å². The number of phenols is 1. The molecule has 0 saturated carbocycles. The van der Waals surface area contributed by atoms with Gasteiger partial charge < -0.3 is 19.6 Å². The summed E-state index contributed by atoms with van der Waals surface area (Å²) in [4.78, 5) is 15.2. The molecule has 1 aromatic heterocycles. The van der Waals surface area contributed by atoms with Gasteiger partial charge in [-0.05, 0) is 19.1 Å². The average Bonchev–Trinajstić information content (AvgIpc) is 2.79. The second-order valence-corrected chi connectivity index (χ2v) is 4.30. The van der Waals surface area contributed by atoms with E-state index in [0.29, 0.717) is 0 Å². The van der Waals surface area contributed by atoms with E-state index in [1.807, 2.05) is 0 Å². The molecule has 0 bridgehead atoms. The molecule has 2 N–H and O–H groups in total. The first-order valence-corrected chi connectivity index (χ1v) is 5.94. The molecule has 1 heterocycles. The summed E-state index contributed by atoms with van der Waals surface area (Å²) in [5, 5.41) is 11.6. The average molecular weight is 316 g/mol. The number of phenolic OH excluding ortho intramolecular Hbond substituents is 1. The lowest BCUT2D eigenvalue weighted by Crippen LogP contribution is -2.13. The first-order valence-electron chi connectivity index (χ1n) is 5.94. The highest BCUT2D eigenvalue weighted by atomic mass is 19.4. The Morgan fingerprint density at radius 2 is 2.05 bits per heavy atom. The van der Waals surface area contributed by atoms with Crippen LogP contribution in [0.25, 0.3) is 0 Å². The van der Waals surface area contributed by atoms with Gasteiger partial charge in [-0.15, -0.1) is 0 Å². The summed E-state index contributed by atoms with van der Waals surface area (Å²) in [5.41, 5.74) is -0.00666. The zero-order valence-corrected chi connectivity index (χ0v) is 11.5. The monoisotopic (exact) mass is 316 g/mol. The number of aromatic hydroxyl groups is 1. The van der Waals surface area contributed by atoms with Crippen LogP contribution in [0.1, 0.15) is 22.0 Å². The van der Waals surface area contributed by atoms with Crippen molar-refractivity contribution in [2.24, 2.45) is 0 Å². The minimum Gasteiger partial charge on any atom is -0.508 e. The number of aryl methyl sites for hydroxylation is 1. The van der Waals surface area contributed by atoms with Crippen molar-refractivity contribution in [2.75, 3.05) is 12.4 Å². The minimum absolute atomic E-state index is 0.00666. The van der Waals surface area contributed by atoms with Gasteiger partial charge in [-0.25, -0.2) is 0 Å². The van der Waals surface area contributed by atoms with Crippen molar-refractivity contribution in [1.82, 2.24) is 4.98 Å². The van der Waals surface area contributed by atoms with Crippen LogP contribution in [0.5, 0.6) is 11.5 Å². The van der Waals surface area contributed by atoms with E-state index in [4.69, 9.17) is 4.74 Å². The summed E-state index contributed by atoms with van der Waals surface area (Å²) in [5.74, 6) is -2.75. The third-order valence-corrected chi connectivity index (χ3v) is 2.66. The van der Waals surface area contributed by atoms with Crippen molar-refractivity contribution >= 4 is 11.7 Å². The maximum Gasteiger partial charge on any atom is 0.469 e. The molecule has 6 nitrogen and oxygen atoms in total. The van der Waals surface area contributed by atoms with Crippen LogP contribution in [0, 0.1) is 6.92 Å². The summed E-state index contributed by atoms with van der Waals surface area (Å²) in [6, 6.07) is 3.73. The zero-order chi connectivity index (χ0) is 16.5. The van der Waals surface area contributed by atoms with Gasteiger partial charge in [0, 0.05) is 11.6 Å². The maximum atomic E-state index is 12.5. The quantitative estimate of drug-likeness (QED) is 0.909.